The molecule has 2 aliphatic rings. The summed E-state index contributed by atoms with van der Waals surface area (Å²) in [7, 11) is -3.93. The molecule has 1 atom stereocenters. The van der Waals surface area contributed by atoms with Crippen LogP contribution < -0.4 is 0 Å². The Morgan fingerprint density at radius 1 is 0.972 bits per heavy atom. The first-order valence-electron chi connectivity index (χ1n) is 12.4. The number of Topliss-reactive ketones (excluding diaryl/α,β-unsaturated/α-hetero) is 1. The molecule has 3 heterocycles. The maximum atomic E-state index is 13.9. The number of carbonyl (C=O) groups excluding carboxylic acids is 2. The Labute approximate surface area is 210 Å². The Bertz CT molecular complexity index is 1360. The molecule has 0 saturated carbocycles. The maximum absolute atomic E-state index is 13.9. The highest BCUT2D eigenvalue weighted by Gasteiger charge is 2.30. The molecule has 1 unspecified atom stereocenters. The molecule has 36 heavy (non-hydrogen) atoms. The van der Waals surface area contributed by atoms with Gasteiger partial charge in [0.2, 0.25) is 5.78 Å². The first kappa shape index (κ1) is 24.7. The van der Waals surface area contributed by atoms with Crippen LogP contribution in [0.4, 0.5) is 0 Å². The van der Waals surface area contributed by atoms with Gasteiger partial charge in [-0.3, -0.25) is 9.59 Å². The van der Waals surface area contributed by atoms with Crippen LogP contribution in [0.2, 0.25) is 0 Å². The van der Waals surface area contributed by atoms with Gasteiger partial charge in [0, 0.05) is 31.5 Å². The number of hydrogen-bond acceptors (Lipinski definition) is 6. The number of hydrogen-bond donors (Lipinski definition) is 0. The number of carbonyl (C=O) groups is 2. The number of amides is 1. The lowest BCUT2D eigenvalue weighted by molar-refractivity contribution is -0.169. The lowest BCUT2D eigenvalue weighted by Crippen LogP contribution is -2.42. The molecule has 1 aromatic heterocycles. The first-order chi connectivity index (χ1) is 17.5. The Balaban J connectivity index is 1.57. The zero-order valence-corrected chi connectivity index (χ0v) is 20.9. The Morgan fingerprint density at radius 3 is 2.53 bits per heavy atom. The summed E-state index contributed by atoms with van der Waals surface area (Å²) in [5, 5.41) is 0.788. The molecule has 3 aromatic rings. The molecular weight excluding hydrogens is 480 g/mol. The smallest absolute Gasteiger partial charge is 0.289 e. The lowest BCUT2D eigenvalue weighted by atomic mass is 10.0. The molecular formula is C27H30N2O6S. The van der Waals surface area contributed by atoms with Crippen molar-refractivity contribution in [2.75, 3.05) is 19.7 Å². The number of ketones is 1. The molecule has 0 aliphatic carbocycles. The van der Waals surface area contributed by atoms with Gasteiger partial charge in [0.1, 0.15) is 0 Å². The second-order valence-corrected chi connectivity index (χ2v) is 11.0. The molecule has 0 spiro atoms. The van der Waals surface area contributed by atoms with Crippen molar-refractivity contribution in [2.45, 2.75) is 56.3 Å². The molecule has 8 nitrogen and oxygen atoms in total. The van der Waals surface area contributed by atoms with Crippen LogP contribution in [-0.2, 0) is 42.1 Å². The molecule has 0 bridgehead atoms. The van der Waals surface area contributed by atoms with Gasteiger partial charge in [-0.25, -0.2) is 12.4 Å². The number of nitrogens with zero attached hydrogens (tertiary/aromatic N) is 2. The molecule has 0 N–H and O–H groups in total. The predicted molar refractivity (Wildman–Crippen MR) is 134 cm³/mol. The summed E-state index contributed by atoms with van der Waals surface area (Å²) in [5.41, 5.74) is 1.87. The molecule has 1 amide bonds. The summed E-state index contributed by atoms with van der Waals surface area (Å²) in [6.45, 7) is 1.52. The average molecular weight is 511 g/mol. The quantitative estimate of drug-likeness (QED) is 0.430. The van der Waals surface area contributed by atoms with Gasteiger partial charge < -0.3 is 14.4 Å². The van der Waals surface area contributed by atoms with E-state index < -0.39 is 22.2 Å². The number of aromatic nitrogens is 1. The van der Waals surface area contributed by atoms with Crippen molar-refractivity contribution in [1.82, 2.24) is 8.87 Å². The van der Waals surface area contributed by atoms with Crippen LogP contribution in [0, 0.1) is 0 Å². The Kier molecular flexibility index (Phi) is 7.22. The minimum Gasteiger partial charge on any atom is -0.353 e. The predicted octanol–water partition coefficient (Wildman–Crippen LogP) is 3.66. The van der Waals surface area contributed by atoms with Crippen molar-refractivity contribution >= 4 is 32.6 Å². The molecule has 5 rings (SSSR count). The van der Waals surface area contributed by atoms with E-state index in [0.29, 0.717) is 43.7 Å². The Morgan fingerprint density at radius 2 is 1.75 bits per heavy atom. The largest absolute Gasteiger partial charge is 0.353 e. The van der Waals surface area contributed by atoms with E-state index in [1.165, 1.54) is 3.97 Å². The van der Waals surface area contributed by atoms with Crippen LogP contribution in [0.15, 0.2) is 59.5 Å². The fourth-order valence-corrected chi connectivity index (χ4v) is 6.60. The molecule has 2 fully saturated rings. The summed E-state index contributed by atoms with van der Waals surface area (Å²) in [6.07, 6.45) is 3.67. The van der Waals surface area contributed by atoms with Gasteiger partial charge in [-0.1, -0.05) is 36.4 Å². The lowest BCUT2D eigenvalue weighted by Gasteiger charge is -2.26. The van der Waals surface area contributed by atoms with Gasteiger partial charge >= 0.3 is 0 Å². The van der Waals surface area contributed by atoms with Crippen molar-refractivity contribution in [3.05, 3.63) is 65.9 Å². The van der Waals surface area contributed by atoms with Gasteiger partial charge in [-0.2, -0.15) is 0 Å². The number of para-hydroxylation sites is 1. The van der Waals surface area contributed by atoms with Gasteiger partial charge in [-0.15, -0.1) is 0 Å². The van der Waals surface area contributed by atoms with Crippen molar-refractivity contribution < 1.29 is 27.5 Å². The molecule has 2 aliphatic heterocycles. The molecule has 0 radical (unpaired) electrons. The third-order valence-electron chi connectivity index (χ3n) is 6.86. The van der Waals surface area contributed by atoms with Crippen molar-refractivity contribution in [2.24, 2.45) is 0 Å². The maximum Gasteiger partial charge on any atom is 0.289 e. The highest BCUT2D eigenvalue weighted by atomic mass is 32.2. The van der Waals surface area contributed by atoms with E-state index in [2.05, 4.69) is 0 Å². The topological polar surface area (TPSA) is 94.9 Å². The second kappa shape index (κ2) is 10.5. The minimum absolute atomic E-state index is 0.0492. The molecule has 2 saturated heterocycles. The van der Waals surface area contributed by atoms with Gasteiger partial charge in [0.15, 0.2) is 6.29 Å². The Hall–Kier alpha value is -3.01. The summed E-state index contributed by atoms with van der Waals surface area (Å²) >= 11 is 0. The third-order valence-corrected chi connectivity index (χ3v) is 8.62. The highest BCUT2D eigenvalue weighted by molar-refractivity contribution is 7.90. The van der Waals surface area contributed by atoms with Crippen LogP contribution in [0.3, 0.4) is 0 Å². The van der Waals surface area contributed by atoms with Gasteiger partial charge in [0.25, 0.3) is 15.9 Å². The van der Waals surface area contributed by atoms with E-state index in [1.54, 1.807) is 41.3 Å². The van der Waals surface area contributed by atoms with E-state index in [-0.39, 0.29) is 23.7 Å². The summed E-state index contributed by atoms with van der Waals surface area (Å²) in [5.74, 6) is -0.830. The number of benzene rings is 2. The molecule has 2 aromatic carbocycles. The molecule has 9 heteroatoms. The van der Waals surface area contributed by atoms with Crippen molar-refractivity contribution in [3.63, 3.8) is 0 Å². The summed E-state index contributed by atoms with van der Waals surface area (Å²) < 4.78 is 41.0. The SMILES string of the molecule is O=C1CCCN(CCc2c(COC3CCCCO3)n(S(=O)(=O)c3ccccc3)c3ccccc23)C1=O. The number of ether oxygens (including phenoxy) is 2. The van der Waals surface area contributed by atoms with Crippen LogP contribution >= 0.6 is 0 Å². The number of likely N-dealkylation sites (tertiary alicyclic amines) is 1. The van der Waals surface area contributed by atoms with Crippen molar-refractivity contribution in [1.29, 1.82) is 0 Å². The first-order valence-corrected chi connectivity index (χ1v) is 13.9. The minimum atomic E-state index is -3.93. The zero-order valence-electron chi connectivity index (χ0n) is 20.1. The summed E-state index contributed by atoms with van der Waals surface area (Å²) in [4.78, 5) is 26.1. The number of fused-ring (bicyclic) bond motifs is 1. The molecule has 190 valence electrons. The van der Waals surface area contributed by atoms with Gasteiger partial charge in [-0.05, 0) is 55.9 Å². The number of piperidine rings is 1. The fourth-order valence-electron chi connectivity index (χ4n) is 5.02. The second-order valence-electron chi connectivity index (χ2n) is 9.20. The van der Waals surface area contributed by atoms with E-state index in [0.717, 1.165) is 30.2 Å². The highest BCUT2D eigenvalue weighted by Crippen LogP contribution is 2.32. The van der Waals surface area contributed by atoms with E-state index >= 15 is 0 Å². The van der Waals surface area contributed by atoms with Crippen LogP contribution in [0.25, 0.3) is 10.9 Å². The fraction of sp³-hybridized carbons (Fsp3) is 0.407. The van der Waals surface area contributed by atoms with E-state index in [9.17, 15) is 18.0 Å². The zero-order chi connectivity index (χ0) is 25.1. The van der Waals surface area contributed by atoms with Crippen LogP contribution in [-0.4, -0.2) is 55.0 Å². The van der Waals surface area contributed by atoms with E-state index in [4.69, 9.17) is 9.47 Å². The average Bonchev–Trinajstić information content (AvgIpc) is 3.23. The normalized spacial score (nSPS) is 19.2. The monoisotopic (exact) mass is 510 g/mol. The standard InChI is InChI=1S/C27H30N2O6S/c30-25-13-8-16-28(27(25)31)17-15-22-21-11-4-5-12-23(21)29(36(32,33)20-9-2-1-3-10-20)24(22)19-35-26-14-6-7-18-34-26/h1-5,9-12,26H,6-8,13-19H2. The summed E-state index contributed by atoms with van der Waals surface area (Å²) in [6, 6.07) is 15.7. The van der Waals surface area contributed by atoms with Gasteiger partial charge in [0.05, 0.1) is 22.7 Å². The van der Waals surface area contributed by atoms with Crippen molar-refractivity contribution in [3.8, 4) is 0 Å². The van der Waals surface area contributed by atoms with Crippen LogP contribution in [0.1, 0.15) is 43.4 Å². The third kappa shape index (κ3) is 4.83. The van der Waals surface area contributed by atoms with Crippen LogP contribution in [0.5, 0.6) is 0 Å². The van der Waals surface area contributed by atoms with E-state index in [1.807, 2.05) is 18.2 Å². The number of rotatable bonds is 8.